The molecule has 0 radical (unpaired) electrons. The standard InChI is InChI=1S/C16H25NO2S/c18-13-14-6-4-10-17(12-14)16(19)9-3-1-2-7-15-8-5-11-20-15/h5,8,11,14,18H,1-4,6-7,9-10,12-13H2. The first-order valence-corrected chi connectivity index (χ1v) is 8.58. The summed E-state index contributed by atoms with van der Waals surface area (Å²) in [4.78, 5) is 15.5. The molecule has 0 aromatic carbocycles. The van der Waals surface area contributed by atoms with E-state index >= 15 is 0 Å². The molecule has 2 rings (SSSR count). The Labute approximate surface area is 125 Å². The summed E-state index contributed by atoms with van der Waals surface area (Å²) in [6.45, 7) is 1.85. The molecule has 1 aromatic heterocycles. The number of unbranched alkanes of at least 4 members (excludes halogenated alkanes) is 2. The molecule has 1 amide bonds. The highest BCUT2D eigenvalue weighted by Crippen LogP contribution is 2.18. The van der Waals surface area contributed by atoms with Gasteiger partial charge in [-0.1, -0.05) is 12.5 Å². The predicted molar refractivity (Wildman–Crippen MR) is 82.9 cm³/mol. The Morgan fingerprint density at radius 1 is 1.40 bits per heavy atom. The SMILES string of the molecule is O=C(CCCCCc1cccs1)N1CCCC(CO)C1. The van der Waals surface area contributed by atoms with E-state index in [1.807, 2.05) is 16.2 Å². The summed E-state index contributed by atoms with van der Waals surface area (Å²) in [6.07, 6.45) is 7.19. The summed E-state index contributed by atoms with van der Waals surface area (Å²) < 4.78 is 0. The van der Waals surface area contributed by atoms with Gasteiger partial charge in [-0.25, -0.2) is 0 Å². The monoisotopic (exact) mass is 295 g/mol. The van der Waals surface area contributed by atoms with Gasteiger partial charge in [0.15, 0.2) is 0 Å². The van der Waals surface area contributed by atoms with Gasteiger partial charge in [0.05, 0.1) is 0 Å². The molecule has 112 valence electrons. The maximum atomic E-state index is 12.1. The minimum atomic E-state index is 0.213. The molecule has 20 heavy (non-hydrogen) atoms. The van der Waals surface area contributed by atoms with Crippen LogP contribution in [0.4, 0.5) is 0 Å². The Hall–Kier alpha value is -0.870. The molecule has 3 nitrogen and oxygen atoms in total. The van der Waals surface area contributed by atoms with E-state index in [9.17, 15) is 9.90 Å². The zero-order valence-electron chi connectivity index (χ0n) is 12.1. The Kier molecular flexibility index (Phi) is 6.54. The van der Waals surface area contributed by atoms with Crippen molar-refractivity contribution in [2.24, 2.45) is 5.92 Å². The number of aryl methyl sites for hydroxylation is 1. The molecule has 0 aliphatic carbocycles. The van der Waals surface area contributed by atoms with Crippen molar-refractivity contribution in [1.29, 1.82) is 0 Å². The molecule has 1 aliphatic heterocycles. The van der Waals surface area contributed by atoms with E-state index in [0.29, 0.717) is 12.3 Å². The number of carbonyl (C=O) groups is 1. The van der Waals surface area contributed by atoms with Crippen LogP contribution in [0.2, 0.25) is 0 Å². The summed E-state index contributed by atoms with van der Waals surface area (Å²) in [5.41, 5.74) is 0. The molecule has 1 aromatic rings. The lowest BCUT2D eigenvalue weighted by molar-refractivity contribution is -0.133. The number of aliphatic hydroxyl groups is 1. The molecule has 1 N–H and O–H groups in total. The quantitative estimate of drug-likeness (QED) is 0.785. The van der Waals surface area contributed by atoms with Crippen molar-refractivity contribution in [3.05, 3.63) is 22.4 Å². The van der Waals surface area contributed by atoms with Gasteiger partial charge in [-0.15, -0.1) is 11.3 Å². The van der Waals surface area contributed by atoms with Crippen molar-refractivity contribution < 1.29 is 9.90 Å². The van der Waals surface area contributed by atoms with Gasteiger partial charge in [-0.05, 0) is 49.5 Å². The number of hydrogen-bond donors (Lipinski definition) is 1. The average molecular weight is 295 g/mol. The number of hydrogen-bond acceptors (Lipinski definition) is 3. The van der Waals surface area contributed by atoms with Gasteiger partial charge in [-0.2, -0.15) is 0 Å². The third-order valence-electron chi connectivity index (χ3n) is 4.02. The minimum Gasteiger partial charge on any atom is -0.396 e. The van der Waals surface area contributed by atoms with Crippen LogP contribution in [0.25, 0.3) is 0 Å². The zero-order chi connectivity index (χ0) is 14.2. The minimum absolute atomic E-state index is 0.213. The van der Waals surface area contributed by atoms with Crippen molar-refractivity contribution in [2.45, 2.75) is 44.9 Å². The van der Waals surface area contributed by atoms with Gasteiger partial charge in [-0.3, -0.25) is 4.79 Å². The van der Waals surface area contributed by atoms with Crippen LogP contribution in [-0.4, -0.2) is 35.6 Å². The van der Waals surface area contributed by atoms with E-state index in [-0.39, 0.29) is 12.5 Å². The van der Waals surface area contributed by atoms with Crippen LogP contribution in [-0.2, 0) is 11.2 Å². The van der Waals surface area contributed by atoms with Gasteiger partial charge in [0, 0.05) is 31.0 Å². The van der Waals surface area contributed by atoms with Gasteiger partial charge >= 0.3 is 0 Å². The molecule has 0 bridgehead atoms. The number of nitrogens with zero attached hydrogens (tertiary/aromatic N) is 1. The lowest BCUT2D eigenvalue weighted by Gasteiger charge is -2.32. The van der Waals surface area contributed by atoms with Gasteiger partial charge in [0.25, 0.3) is 0 Å². The molecule has 0 spiro atoms. The summed E-state index contributed by atoms with van der Waals surface area (Å²) in [5.74, 6) is 0.575. The maximum Gasteiger partial charge on any atom is 0.222 e. The Bertz CT molecular complexity index is 391. The van der Waals surface area contributed by atoms with Gasteiger partial charge in [0.2, 0.25) is 5.91 Å². The normalized spacial score (nSPS) is 19.2. The molecule has 1 saturated heterocycles. The highest BCUT2D eigenvalue weighted by molar-refractivity contribution is 7.09. The zero-order valence-corrected chi connectivity index (χ0v) is 12.9. The topological polar surface area (TPSA) is 40.5 Å². The number of carbonyl (C=O) groups excluding carboxylic acids is 1. The van der Waals surface area contributed by atoms with Crippen LogP contribution < -0.4 is 0 Å². The fourth-order valence-corrected chi connectivity index (χ4v) is 3.56. The third-order valence-corrected chi connectivity index (χ3v) is 4.96. The lowest BCUT2D eigenvalue weighted by atomic mass is 9.98. The van der Waals surface area contributed by atoms with Crippen LogP contribution in [0.3, 0.4) is 0 Å². The first-order chi connectivity index (χ1) is 9.79. The largest absolute Gasteiger partial charge is 0.396 e. The second-order valence-corrected chi connectivity index (χ2v) is 6.70. The summed E-state index contributed by atoms with van der Waals surface area (Å²) in [6, 6.07) is 4.27. The molecule has 2 heterocycles. The summed E-state index contributed by atoms with van der Waals surface area (Å²) >= 11 is 1.81. The highest BCUT2D eigenvalue weighted by Gasteiger charge is 2.22. The molecule has 1 fully saturated rings. The molecule has 4 heteroatoms. The molecule has 1 aliphatic rings. The highest BCUT2D eigenvalue weighted by atomic mass is 32.1. The Balaban J connectivity index is 1.57. The molecule has 1 atom stereocenters. The number of rotatable bonds is 7. The van der Waals surface area contributed by atoms with Crippen molar-refractivity contribution in [2.75, 3.05) is 19.7 Å². The lowest BCUT2D eigenvalue weighted by Crippen LogP contribution is -2.40. The van der Waals surface area contributed by atoms with Crippen LogP contribution in [0.5, 0.6) is 0 Å². The third kappa shape index (κ3) is 4.91. The summed E-state index contributed by atoms with van der Waals surface area (Å²) in [7, 11) is 0. The van der Waals surface area contributed by atoms with Crippen molar-refractivity contribution in [1.82, 2.24) is 4.90 Å². The Morgan fingerprint density at radius 2 is 2.30 bits per heavy atom. The van der Waals surface area contributed by atoms with Crippen LogP contribution >= 0.6 is 11.3 Å². The van der Waals surface area contributed by atoms with Gasteiger partial charge < -0.3 is 10.0 Å². The van der Waals surface area contributed by atoms with Gasteiger partial charge in [0.1, 0.15) is 0 Å². The van der Waals surface area contributed by atoms with E-state index in [2.05, 4.69) is 17.5 Å². The van der Waals surface area contributed by atoms with Crippen LogP contribution in [0.1, 0.15) is 43.4 Å². The van der Waals surface area contributed by atoms with E-state index in [1.165, 1.54) is 11.3 Å². The van der Waals surface area contributed by atoms with E-state index < -0.39 is 0 Å². The van der Waals surface area contributed by atoms with E-state index in [4.69, 9.17) is 0 Å². The second-order valence-electron chi connectivity index (χ2n) is 5.67. The number of likely N-dealkylation sites (tertiary alicyclic amines) is 1. The van der Waals surface area contributed by atoms with E-state index in [0.717, 1.165) is 45.2 Å². The molecule has 0 saturated carbocycles. The Morgan fingerprint density at radius 3 is 3.05 bits per heavy atom. The number of piperidine rings is 1. The smallest absolute Gasteiger partial charge is 0.222 e. The average Bonchev–Trinajstić information content (AvgIpc) is 3.00. The second kappa shape index (κ2) is 8.42. The number of thiophene rings is 1. The first-order valence-electron chi connectivity index (χ1n) is 7.70. The van der Waals surface area contributed by atoms with Crippen molar-refractivity contribution in [3.63, 3.8) is 0 Å². The van der Waals surface area contributed by atoms with E-state index in [1.54, 1.807) is 0 Å². The van der Waals surface area contributed by atoms with Crippen LogP contribution in [0.15, 0.2) is 17.5 Å². The number of amides is 1. The molecular formula is C16H25NO2S. The van der Waals surface area contributed by atoms with Crippen LogP contribution in [0, 0.1) is 5.92 Å². The molecule has 1 unspecified atom stereocenters. The van der Waals surface area contributed by atoms with Crippen molar-refractivity contribution >= 4 is 17.2 Å². The predicted octanol–water partition coefficient (Wildman–Crippen LogP) is 3.08. The summed E-state index contributed by atoms with van der Waals surface area (Å²) in [5, 5.41) is 11.3. The number of aliphatic hydroxyl groups excluding tert-OH is 1. The fraction of sp³-hybridized carbons (Fsp3) is 0.688. The van der Waals surface area contributed by atoms with Crippen molar-refractivity contribution in [3.8, 4) is 0 Å². The molecular weight excluding hydrogens is 270 g/mol. The fourth-order valence-electron chi connectivity index (χ4n) is 2.81. The maximum absolute atomic E-state index is 12.1. The first kappa shape index (κ1) is 15.5.